The summed E-state index contributed by atoms with van der Waals surface area (Å²) in [6.45, 7) is 6.06. The Morgan fingerprint density at radius 2 is 2.29 bits per heavy atom. The van der Waals surface area contributed by atoms with Crippen molar-refractivity contribution in [3.63, 3.8) is 0 Å². The number of thioether (sulfide) groups is 1. The summed E-state index contributed by atoms with van der Waals surface area (Å²) in [4.78, 5) is 2.44. The molecule has 3 heteroatoms. The normalized spacial score (nSPS) is 29.4. The van der Waals surface area contributed by atoms with Gasteiger partial charge >= 0.3 is 0 Å². The third kappa shape index (κ3) is 4.20. The predicted octanol–water partition coefficient (Wildman–Crippen LogP) is 1.67. The van der Waals surface area contributed by atoms with Gasteiger partial charge in [-0.2, -0.15) is 11.8 Å². The lowest BCUT2D eigenvalue weighted by molar-refractivity contribution is 0.175. The number of nitrogens with zero attached hydrogens (tertiary/aromatic N) is 1. The van der Waals surface area contributed by atoms with Crippen molar-refractivity contribution in [3.05, 3.63) is 0 Å². The van der Waals surface area contributed by atoms with Crippen molar-refractivity contribution in [2.45, 2.75) is 25.8 Å². The molecule has 2 nitrogen and oxygen atoms in total. The summed E-state index contributed by atoms with van der Waals surface area (Å²) in [6.07, 6.45) is 4.80. The lowest BCUT2D eigenvalue weighted by Gasteiger charge is -2.35. The smallest absolute Gasteiger partial charge is 0.0117 e. The molecule has 0 saturated carbocycles. The predicted molar refractivity (Wildman–Crippen MR) is 66.1 cm³/mol. The van der Waals surface area contributed by atoms with Crippen LogP contribution in [0.2, 0.25) is 0 Å². The van der Waals surface area contributed by atoms with Crippen LogP contribution in [0.15, 0.2) is 0 Å². The monoisotopic (exact) mass is 216 g/mol. The van der Waals surface area contributed by atoms with Gasteiger partial charge in [0.15, 0.2) is 0 Å². The first kappa shape index (κ1) is 12.3. The molecule has 1 N–H and O–H groups in total. The summed E-state index contributed by atoms with van der Waals surface area (Å²) in [6, 6.07) is 0.757. The molecule has 1 fully saturated rings. The van der Waals surface area contributed by atoms with E-state index in [4.69, 9.17) is 0 Å². The Morgan fingerprint density at radius 3 is 2.93 bits per heavy atom. The molecular weight excluding hydrogens is 192 g/mol. The van der Waals surface area contributed by atoms with Gasteiger partial charge < -0.3 is 10.2 Å². The Hall–Kier alpha value is 0.270. The summed E-state index contributed by atoms with van der Waals surface area (Å²) in [7, 11) is 2.22. The molecule has 1 aliphatic heterocycles. The van der Waals surface area contributed by atoms with Crippen LogP contribution >= 0.6 is 11.8 Å². The molecule has 1 saturated heterocycles. The minimum atomic E-state index is 0.757. The molecule has 2 atom stereocenters. The number of hydrogen-bond acceptors (Lipinski definition) is 3. The van der Waals surface area contributed by atoms with E-state index in [1.54, 1.807) is 0 Å². The summed E-state index contributed by atoms with van der Waals surface area (Å²) in [5, 5.41) is 3.69. The maximum atomic E-state index is 3.69. The van der Waals surface area contributed by atoms with Crippen molar-refractivity contribution < 1.29 is 0 Å². The van der Waals surface area contributed by atoms with E-state index in [-0.39, 0.29) is 0 Å². The molecular formula is C11H24N2S. The van der Waals surface area contributed by atoms with E-state index in [1.165, 1.54) is 38.2 Å². The third-order valence-electron chi connectivity index (χ3n) is 3.04. The molecule has 0 amide bonds. The van der Waals surface area contributed by atoms with Gasteiger partial charge in [-0.25, -0.2) is 0 Å². The fraction of sp³-hybridized carbons (Fsp3) is 1.00. The largest absolute Gasteiger partial charge is 0.314 e. The van der Waals surface area contributed by atoms with Crippen LogP contribution in [0.3, 0.4) is 0 Å². The second-order valence-corrected chi connectivity index (χ2v) is 5.42. The fourth-order valence-electron chi connectivity index (χ4n) is 2.16. The molecule has 1 aliphatic rings. The standard InChI is InChI=1S/C11H24N2S/c1-10-9-13(2)7-5-11(10)12-6-4-8-14-3/h10-12H,4-9H2,1-3H3. The van der Waals surface area contributed by atoms with Crippen molar-refractivity contribution in [3.8, 4) is 0 Å². The average Bonchev–Trinajstić information content (AvgIpc) is 2.15. The molecule has 0 aliphatic carbocycles. The van der Waals surface area contributed by atoms with Gasteiger partial charge in [0.1, 0.15) is 0 Å². The molecule has 0 radical (unpaired) electrons. The van der Waals surface area contributed by atoms with E-state index >= 15 is 0 Å². The van der Waals surface area contributed by atoms with E-state index in [1.807, 2.05) is 11.8 Å². The van der Waals surface area contributed by atoms with Crippen molar-refractivity contribution in [1.29, 1.82) is 0 Å². The third-order valence-corrected chi connectivity index (χ3v) is 3.74. The maximum Gasteiger partial charge on any atom is 0.0117 e. The Kier molecular flexibility index (Phi) is 5.90. The van der Waals surface area contributed by atoms with E-state index in [0.29, 0.717) is 0 Å². The van der Waals surface area contributed by atoms with E-state index < -0.39 is 0 Å². The second-order valence-electron chi connectivity index (χ2n) is 4.44. The van der Waals surface area contributed by atoms with Crippen LogP contribution < -0.4 is 5.32 Å². The molecule has 1 rings (SSSR count). The van der Waals surface area contributed by atoms with Gasteiger partial charge in [0.05, 0.1) is 0 Å². The quantitative estimate of drug-likeness (QED) is 0.704. The van der Waals surface area contributed by atoms with Crippen LogP contribution in [0.5, 0.6) is 0 Å². The summed E-state index contributed by atoms with van der Waals surface area (Å²) < 4.78 is 0. The van der Waals surface area contributed by atoms with Gasteiger partial charge in [-0.1, -0.05) is 6.92 Å². The molecule has 14 heavy (non-hydrogen) atoms. The highest BCUT2D eigenvalue weighted by Gasteiger charge is 2.22. The van der Waals surface area contributed by atoms with E-state index in [9.17, 15) is 0 Å². The van der Waals surface area contributed by atoms with Crippen molar-refractivity contribution in [1.82, 2.24) is 10.2 Å². The summed E-state index contributed by atoms with van der Waals surface area (Å²) in [5.41, 5.74) is 0. The Bertz CT molecular complexity index is 152. The fourth-order valence-corrected chi connectivity index (χ4v) is 2.59. The average molecular weight is 216 g/mol. The van der Waals surface area contributed by atoms with Crippen LogP contribution in [0, 0.1) is 5.92 Å². The first-order valence-electron chi connectivity index (χ1n) is 5.65. The first-order chi connectivity index (χ1) is 6.74. The van der Waals surface area contributed by atoms with Gasteiger partial charge in [0.2, 0.25) is 0 Å². The second kappa shape index (κ2) is 6.70. The van der Waals surface area contributed by atoms with Gasteiger partial charge in [-0.15, -0.1) is 0 Å². The highest BCUT2D eigenvalue weighted by atomic mass is 32.2. The number of rotatable bonds is 5. The summed E-state index contributed by atoms with van der Waals surface area (Å²) >= 11 is 1.94. The van der Waals surface area contributed by atoms with E-state index in [0.717, 1.165) is 12.0 Å². The molecule has 0 aromatic rings. The molecule has 2 unspecified atom stereocenters. The van der Waals surface area contributed by atoms with Gasteiger partial charge in [-0.3, -0.25) is 0 Å². The van der Waals surface area contributed by atoms with Gasteiger partial charge in [0, 0.05) is 12.6 Å². The van der Waals surface area contributed by atoms with Crippen LogP contribution in [-0.4, -0.2) is 49.6 Å². The SMILES string of the molecule is CSCCCNC1CCN(C)CC1C. The molecule has 0 spiro atoms. The minimum Gasteiger partial charge on any atom is -0.314 e. The van der Waals surface area contributed by atoms with E-state index in [2.05, 4.69) is 30.4 Å². The highest BCUT2D eigenvalue weighted by Crippen LogP contribution is 2.15. The molecule has 0 aromatic carbocycles. The summed E-state index contributed by atoms with van der Waals surface area (Å²) in [5.74, 6) is 2.09. The molecule has 1 heterocycles. The Labute approximate surface area is 92.8 Å². The van der Waals surface area contributed by atoms with Crippen LogP contribution in [0.25, 0.3) is 0 Å². The van der Waals surface area contributed by atoms with Crippen LogP contribution in [0.4, 0.5) is 0 Å². The minimum absolute atomic E-state index is 0.757. The Balaban J connectivity index is 2.11. The van der Waals surface area contributed by atoms with Crippen molar-refractivity contribution >= 4 is 11.8 Å². The number of likely N-dealkylation sites (tertiary alicyclic amines) is 1. The van der Waals surface area contributed by atoms with Crippen LogP contribution in [-0.2, 0) is 0 Å². The number of piperidine rings is 1. The topological polar surface area (TPSA) is 15.3 Å². The van der Waals surface area contributed by atoms with Crippen molar-refractivity contribution in [2.24, 2.45) is 5.92 Å². The Morgan fingerprint density at radius 1 is 1.50 bits per heavy atom. The molecule has 0 aromatic heterocycles. The lowest BCUT2D eigenvalue weighted by Crippen LogP contribution is -2.47. The molecule has 0 bridgehead atoms. The zero-order valence-electron chi connectivity index (χ0n) is 9.75. The van der Waals surface area contributed by atoms with Crippen molar-refractivity contribution in [2.75, 3.05) is 38.7 Å². The number of hydrogen-bond donors (Lipinski definition) is 1. The molecule has 84 valence electrons. The first-order valence-corrected chi connectivity index (χ1v) is 7.04. The highest BCUT2D eigenvalue weighted by molar-refractivity contribution is 7.98. The van der Waals surface area contributed by atoms with Gasteiger partial charge in [-0.05, 0) is 50.9 Å². The maximum absolute atomic E-state index is 3.69. The number of nitrogens with one attached hydrogen (secondary N) is 1. The zero-order chi connectivity index (χ0) is 10.4. The lowest BCUT2D eigenvalue weighted by atomic mass is 9.94. The zero-order valence-corrected chi connectivity index (χ0v) is 10.6. The van der Waals surface area contributed by atoms with Crippen LogP contribution in [0.1, 0.15) is 19.8 Å². The van der Waals surface area contributed by atoms with Gasteiger partial charge in [0.25, 0.3) is 0 Å².